The molecule has 2 heterocycles. The van der Waals surface area contributed by atoms with Crippen LogP contribution in [0.2, 0.25) is 0 Å². The first-order valence-corrected chi connectivity index (χ1v) is 13.1. The van der Waals surface area contributed by atoms with E-state index in [-0.39, 0.29) is 18.7 Å². The Morgan fingerprint density at radius 1 is 1.00 bits per heavy atom. The van der Waals surface area contributed by atoms with Crippen molar-refractivity contribution in [2.75, 3.05) is 40.1 Å². The van der Waals surface area contributed by atoms with Crippen molar-refractivity contribution in [1.82, 2.24) is 9.80 Å². The molecule has 1 saturated heterocycles. The molecule has 1 fully saturated rings. The first-order valence-electron chi connectivity index (χ1n) is 13.1. The molecule has 2 aromatic rings. The predicted octanol–water partition coefficient (Wildman–Crippen LogP) is 5.63. The Balaban J connectivity index is 1.59. The second-order valence-corrected chi connectivity index (χ2v) is 9.81. The van der Waals surface area contributed by atoms with Gasteiger partial charge in [0.2, 0.25) is 12.7 Å². The van der Waals surface area contributed by atoms with E-state index in [0.29, 0.717) is 18.4 Å². The summed E-state index contributed by atoms with van der Waals surface area (Å²) in [5.41, 5.74) is 2.46. The van der Waals surface area contributed by atoms with Gasteiger partial charge in [-0.25, -0.2) is 0 Å². The number of likely N-dealkylation sites (tertiary alicyclic amines) is 1. The third kappa shape index (κ3) is 5.75. The molecule has 0 spiro atoms. The second kappa shape index (κ2) is 11.8. The van der Waals surface area contributed by atoms with Gasteiger partial charge in [-0.3, -0.25) is 9.69 Å². The first-order chi connectivity index (χ1) is 17.0. The zero-order valence-corrected chi connectivity index (χ0v) is 21.7. The van der Waals surface area contributed by atoms with Gasteiger partial charge in [0.15, 0.2) is 11.5 Å². The van der Waals surface area contributed by atoms with Crippen LogP contribution in [0.3, 0.4) is 0 Å². The van der Waals surface area contributed by atoms with Crippen molar-refractivity contribution in [2.45, 2.75) is 58.4 Å². The number of methoxy groups -OCH3 is 1. The summed E-state index contributed by atoms with van der Waals surface area (Å²) in [6.07, 6.45) is 4.29. The lowest BCUT2D eigenvalue weighted by molar-refractivity contribution is -0.133. The number of benzene rings is 2. The Hall–Kier alpha value is -2.73. The Labute approximate surface area is 210 Å². The largest absolute Gasteiger partial charge is 0.497 e. The van der Waals surface area contributed by atoms with E-state index < -0.39 is 0 Å². The van der Waals surface area contributed by atoms with Gasteiger partial charge in [0, 0.05) is 31.6 Å². The van der Waals surface area contributed by atoms with Gasteiger partial charge >= 0.3 is 0 Å². The molecule has 190 valence electrons. The molecule has 2 aliphatic heterocycles. The van der Waals surface area contributed by atoms with E-state index >= 15 is 0 Å². The lowest BCUT2D eigenvalue weighted by atomic mass is 9.84. The van der Waals surface area contributed by atoms with E-state index in [9.17, 15) is 4.79 Å². The van der Waals surface area contributed by atoms with Gasteiger partial charge in [-0.05, 0) is 54.2 Å². The standard InChI is InChI=1S/C29H40N2O4/c1-5-7-15-30(16-8-6-2)28(32)19-31-18-25(23-11-14-26-27(17-23)35-20-34-26)21(3)29(31)22-9-12-24(33-4)13-10-22/h9-14,17,21,25,29H,5-8,15-16,18-20H2,1-4H3/t21-,25+,29?/m1/s1. The highest BCUT2D eigenvalue weighted by Gasteiger charge is 2.42. The molecule has 6 heteroatoms. The Morgan fingerprint density at radius 2 is 1.66 bits per heavy atom. The van der Waals surface area contributed by atoms with Crippen molar-refractivity contribution in [3.63, 3.8) is 0 Å². The molecule has 1 amide bonds. The molecule has 0 aromatic heterocycles. The summed E-state index contributed by atoms with van der Waals surface area (Å²) < 4.78 is 16.6. The summed E-state index contributed by atoms with van der Waals surface area (Å²) in [6.45, 7) is 9.91. The maximum absolute atomic E-state index is 13.5. The maximum Gasteiger partial charge on any atom is 0.236 e. The highest BCUT2D eigenvalue weighted by molar-refractivity contribution is 5.78. The number of amides is 1. The smallest absolute Gasteiger partial charge is 0.236 e. The Bertz CT molecular complexity index is 969. The first kappa shape index (κ1) is 25.4. The van der Waals surface area contributed by atoms with Crippen molar-refractivity contribution < 1.29 is 19.0 Å². The monoisotopic (exact) mass is 480 g/mol. The quantitative estimate of drug-likeness (QED) is 0.417. The molecular weight excluding hydrogens is 440 g/mol. The van der Waals surface area contributed by atoms with E-state index in [4.69, 9.17) is 14.2 Å². The number of hydrogen-bond acceptors (Lipinski definition) is 5. The lowest BCUT2D eigenvalue weighted by Gasteiger charge is -2.30. The molecule has 6 nitrogen and oxygen atoms in total. The van der Waals surface area contributed by atoms with Crippen molar-refractivity contribution >= 4 is 5.91 Å². The molecule has 3 atom stereocenters. The average molecular weight is 481 g/mol. The van der Waals surface area contributed by atoms with Crippen LogP contribution in [-0.2, 0) is 4.79 Å². The number of hydrogen-bond donors (Lipinski definition) is 0. The lowest BCUT2D eigenvalue weighted by Crippen LogP contribution is -2.41. The molecule has 0 bridgehead atoms. The van der Waals surface area contributed by atoms with Gasteiger partial charge in [-0.2, -0.15) is 0 Å². The SMILES string of the molecule is CCCCN(CCCC)C(=O)CN1C[C@H](c2ccc3c(c2)OCO3)[C@@H](C)C1c1ccc(OC)cc1. The Morgan fingerprint density at radius 3 is 2.31 bits per heavy atom. The van der Waals surface area contributed by atoms with E-state index in [0.717, 1.165) is 62.6 Å². The molecule has 0 aliphatic carbocycles. The van der Waals surface area contributed by atoms with Crippen LogP contribution < -0.4 is 14.2 Å². The van der Waals surface area contributed by atoms with E-state index in [2.05, 4.69) is 54.8 Å². The summed E-state index contributed by atoms with van der Waals surface area (Å²) in [5.74, 6) is 3.33. The van der Waals surface area contributed by atoms with Crippen LogP contribution in [0.25, 0.3) is 0 Å². The second-order valence-electron chi connectivity index (χ2n) is 9.81. The minimum absolute atomic E-state index is 0.152. The number of unbranched alkanes of at least 4 members (excludes halogenated alkanes) is 2. The molecule has 0 saturated carbocycles. The number of nitrogens with zero attached hydrogens (tertiary/aromatic N) is 2. The van der Waals surface area contributed by atoms with Gasteiger partial charge in [0.1, 0.15) is 5.75 Å². The van der Waals surface area contributed by atoms with Crippen LogP contribution in [0, 0.1) is 5.92 Å². The molecular formula is C29H40N2O4. The number of ether oxygens (including phenoxy) is 3. The molecule has 0 N–H and O–H groups in total. The number of carbonyl (C=O) groups is 1. The van der Waals surface area contributed by atoms with Gasteiger partial charge in [-0.15, -0.1) is 0 Å². The molecule has 2 aliphatic rings. The van der Waals surface area contributed by atoms with Crippen molar-refractivity contribution in [3.8, 4) is 17.2 Å². The fourth-order valence-electron chi connectivity index (χ4n) is 5.45. The van der Waals surface area contributed by atoms with E-state index in [1.54, 1.807) is 7.11 Å². The summed E-state index contributed by atoms with van der Waals surface area (Å²) in [4.78, 5) is 18.0. The van der Waals surface area contributed by atoms with Crippen LogP contribution in [0.1, 0.15) is 69.5 Å². The van der Waals surface area contributed by atoms with Crippen LogP contribution in [0.5, 0.6) is 17.2 Å². The van der Waals surface area contributed by atoms with Crippen LogP contribution >= 0.6 is 0 Å². The zero-order valence-electron chi connectivity index (χ0n) is 21.7. The highest BCUT2D eigenvalue weighted by Crippen LogP contribution is 2.47. The van der Waals surface area contributed by atoms with Crippen molar-refractivity contribution in [2.24, 2.45) is 5.92 Å². The summed E-state index contributed by atoms with van der Waals surface area (Å²) >= 11 is 0. The van der Waals surface area contributed by atoms with E-state index in [1.807, 2.05) is 18.2 Å². The number of fused-ring (bicyclic) bond motifs is 1. The van der Waals surface area contributed by atoms with Crippen molar-refractivity contribution in [1.29, 1.82) is 0 Å². The predicted molar refractivity (Wildman–Crippen MR) is 138 cm³/mol. The van der Waals surface area contributed by atoms with Gasteiger partial charge in [0.25, 0.3) is 0 Å². The fourth-order valence-corrected chi connectivity index (χ4v) is 5.45. The zero-order chi connectivity index (χ0) is 24.8. The molecule has 2 aromatic carbocycles. The summed E-state index contributed by atoms with van der Waals surface area (Å²) in [7, 11) is 1.69. The minimum Gasteiger partial charge on any atom is -0.497 e. The summed E-state index contributed by atoms with van der Waals surface area (Å²) in [6, 6.07) is 14.8. The maximum atomic E-state index is 13.5. The fraction of sp³-hybridized carbons (Fsp3) is 0.552. The van der Waals surface area contributed by atoms with Gasteiger partial charge in [-0.1, -0.05) is 51.8 Å². The minimum atomic E-state index is 0.152. The van der Waals surface area contributed by atoms with Gasteiger partial charge in [0.05, 0.1) is 13.7 Å². The third-order valence-electron chi connectivity index (χ3n) is 7.49. The summed E-state index contributed by atoms with van der Waals surface area (Å²) in [5, 5.41) is 0. The third-order valence-corrected chi connectivity index (χ3v) is 7.49. The van der Waals surface area contributed by atoms with Crippen molar-refractivity contribution in [3.05, 3.63) is 53.6 Å². The number of rotatable bonds is 11. The highest BCUT2D eigenvalue weighted by atomic mass is 16.7. The molecule has 1 unspecified atom stereocenters. The van der Waals surface area contributed by atoms with Crippen LogP contribution in [-0.4, -0.2) is 55.8 Å². The normalized spacial score (nSPS) is 21.3. The number of carbonyl (C=O) groups excluding carboxylic acids is 1. The topological polar surface area (TPSA) is 51.2 Å². The van der Waals surface area contributed by atoms with Crippen LogP contribution in [0.4, 0.5) is 0 Å². The van der Waals surface area contributed by atoms with E-state index in [1.165, 1.54) is 11.1 Å². The molecule has 0 radical (unpaired) electrons. The molecule has 4 rings (SSSR count). The average Bonchev–Trinajstić information content (AvgIpc) is 3.47. The molecule has 35 heavy (non-hydrogen) atoms. The Kier molecular flexibility index (Phi) is 8.55. The van der Waals surface area contributed by atoms with Crippen LogP contribution in [0.15, 0.2) is 42.5 Å². The van der Waals surface area contributed by atoms with Gasteiger partial charge < -0.3 is 19.1 Å².